The van der Waals surface area contributed by atoms with Crippen LogP contribution in [0.3, 0.4) is 0 Å². The number of urea groups is 1. The van der Waals surface area contributed by atoms with Gasteiger partial charge in [-0.3, -0.25) is 0 Å². The van der Waals surface area contributed by atoms with Crippen molar-refractivity contribution in [3.05, 3.63) is 36.5 Å². The van der Waals surface area contributed by atoms with Crippen LogP contribution in [0.4, 0.5) is 10.5 Å². The van der Waals surface area contributed by atoms with Crippen molar-refractivity contribution < 1.29 is 9.53 Å². The Morgan fingerprint density at radius 2 is 1.90 bits per heavy atom. The minimum absolute atomic E-state index is 0.172. The molecule has 20 heavy (non-hydrogen) atoms. The molecule has 5 heteroatoms. The maximum atomic E-state index is 11.9. The number of hydrogen-bond acceptors (Lipinski definition) is 3. The number of nitrogens with two attached hydrogens (primary N) is 1. The number of carbonyl (C=O) groups is 1. The zero-order chi connectivity index (χ0) is 15.0. The van der Waals surface area contributed by atoms with Gasteiger partial charge in [-0.2, -0.15) is 0 Å². The molecule has 0 bridgehead atoms. The van der Waals surface area contributed by atoms with Gasteiger partial charge >= 0.3 is 6.03 Å². The van der Waals surface area contributed by atoms with Crippen LogP contribution in [-0.2, 0) is 0 Å². The molecule has 0 aliphatic carbocycles. The molecular formula is C15H19N3O2+. The molecule has 5 nitrogen and oxygen atoms in total. The second-order valence-corrected chi connectivity index (χ2v) is 5.68. The maximum Gasteiger partial charge on any atom is 0.451 e. The Balaban J connectivity index is 2.50. The Kier molecular flexibility index (Phi) is 3.39. The summed E-state index contributed by atoms with van der Waals surface area (Å²) < 4.78 is 4.65. The summed E-state index contributed by atoms with van der Waals surface area (Å²) in [6, 6.07) is 6.47. The van der Waals surface area contributed by atoms with Crippen LogP contribution in [0.25, 0.3) is 0 Å². The molecule has 0 fully saturated rings. The molecule has 1 heterocycles. The Hall–Kier alpha value is -2.14. The lowest BCUT2D eigenvalue weighted by Crippen LogP contribution is -2.47. The van der Waals surface area contributed by atoms with Crippen molar-refractivity contribution in [2.75, 3.05) is 7.11 Å². The highest BCUT2D eigenvalue weighted by Crippen LogP contribution is 2.32. The van der Waals surface area contributed by atoms with Crippen LogP contribution in [-0.4, -0.2) is 18.9 Å². The third-order valence-corrected chi connectivity index (χ3v) is 3.18. The quantitative estimate of drug-likeness (QED) is 0.842. The predicted octanol–water partition coefficient (Wildman–Crippen LogP) is 2.81. The van der Waals surface area contributed by atoms with Gasteiger partial charge in [-0.1, -0.05) is 25.9 Å². The summed E-state index contributed by atoms with van der Waals surface area (Å²) in [7, 11) is 1.59. The molecular weight excluding hydrogens is 254 g/mol. The number of amides is 2. The lowest BCUT2D eigenvalue weighted by molar-refractivity contribution is 0.224. The first-order chi connectivity index (χ1) is 9.29. The van der Waals surface area contributed by atoms with Crippen LogP contribution in [0, 0.1) is 11.6 Å². The van der Waals surface area contributed by atoms with E-state index in [0.29, 0.717) is 11.4 Å². The lowest BCUT2D eigenvalue weighted by Gasteiger charge is -2.21. The molecule has 1 aromatic rings. The average molecular weight is 273 g/mol. The first-order valence-corrected chi connectivity index (χ1v) is 6.35. The third kappa shape index (κ3) is 2.32. The highest BCUT2D eigenvalue weighted by molar-refractivity contribution is 6.04. The van der Waals surface area contributed by atoms with E-state index < -0.39 is 10.6 Å². The summed E-state index contributed by atoms with van der Waals surface area (Å²) in [4.78, 5) is 11.9. The van der Waals surface area contributed by atoms with Gasteiger partial charge in [0.25, 0.3) is 0 Å². The number of hydrogen-bond donors (Lipinski definition) is 1. The number of ether oxygens (including phenoxy) is 1. The summed E-state index contributed by atoms with van der Waals surface area (Å²) in [6.45, 7) is 6.08. The molecule has 0 saturated heterocycles. The average Bonchev–Trinajstić information content (AvgIpc) is 2.85. The van der Waals surface area contributed by atoms with E-state index in [1.54, 1.807) is 37.5 Å². The maximum absolute atomic E-state index is 11.9. The van der Waals surface area contributed by atoms with Crippen molar-refractivity contribution in [3.8, 4) is 5.75 Å². The third-order valence-electron chi connectivity index (χ3n) is 3.18. The summed E-state index contributed by atoms with van der Waals surface area (Å²) in [5, 5.41) is 4.49. The minimum atomic E-state index is -0.592. The Bertz CT molecular complexity index is 582. The van der Waals surface area contributed by atoms with Crippen LogP contribution in [0.5, 0.6) is 5.75 Å². The minimum Gasteiger partial charge on any atom is -0.497 e. The van der Waals surface area contributed by atoms with Crippen LogP contribution in [0.1, 0.15) is 20.8 Å². The molecule has 1 unspecified atom stereocenters. The highest BCUT2D eigenvalue weighted by Gasteiger charge is 2.43. The van der Waals surface area contributed by atoms with Crippen LogP contribution in [0.15, 0.2) is 35.4 Å². The fraction of sp³-hybridized carbons (Fsp3) is 0.333. The van der Waals surface area contributed by atoms with E-state index in [1.165, 1.54) is 0 Å². The zero-order valence-electron chi connectivity index (χ0n) is 12.2. The van der Waals surface area contributed by atoms with Gasteiger partial charge in [0.15, 0.2) is 5.69 Å². The largest absolute Gasteiger partial charge is 0.497 e. The van der Waals surface area contributed by atoms with Crippen molar-refractivity contribution in [3.63, 3.8) is 0 Å². The normalized spacial score (nSPS) is 21.7. The fourth-order valence-electron chi connectivity index (χ4n) is 1.91. The van der Waals surface area contributed by atoms with Gasteiger partial charge in [-0.05, 0) is 16.7 Å². The second-order valence-electron chi connectivity index (χ2n) is 5.68. The van der Waals surface area contributed by atoms with E-state index in [-0.39, 0.29) is 5.41 Å². The van der Waals surface area contributed by atoms with E-state index in [2.05, 4.69) is 11.3 Å². The van der Waals surface area contributed by atoms with Crippen molar-refractivity contribution in [1.29, 1.82) is 0 Å². The van der Waals surface area contributed by atoms with Crippen molar-refractivity contribution in [1.82, 2.24) is 4.59 Å². The number of methoxy groups -OCH3 is 1. The van der Waals surface area contributed by atoms with Gasteiger partial charge in [-0.15, -0.1) is 0 Å². The molecule has 1 aliphatic heterocycles. The number of allylic oxidation sites excluding steroid dienone is 1. The lowest BCUT2D eigenvalue weighted by atomic mass is 9.90. The summed E-state index contributed by atoms with van der Waals surface area (Å²) in [6.07, 6.45) is 4.70. The molecule has 0 spiro atoms. The zero-order valence-corrected chi connectivity index (χ0v) is 12.2. The molecule has 1 radical (unpaired) electrons. The monoisotopic (exact) mass is 273 g/mol. The fourth-order valence-corrected chi connectivity index (χ4v) is 1.91. The highest BCUT2D eigenvalue weighted by atomic mass is 16.5. The number of rotatable bonds is 2. The molecule has 105 valence electrons. The van der Waals surface area contributed by atoms with Gasteiger partial charge < -0.3 is 10.5 Å². The van der Waals surface area contributed by atoms with Gasteiger partial charge in [0.1, 0.15) is 11.5 Å². The van der Waals surface area contributed by atoms with Gasteiger partial charge in [-0.25, -0.2) is 4.79 Å². The molecule has 2 amide bonds. The van der Waals surface area contributed by atoms with Crippen LogP contribution in [0.2, 0.25) is 0 Å². The first-order valence-electron chi connectivity index (χ1n) is 6.35. The van der Waals surface area contributed by atoms with Crippen molar-refractivity contribution in [2.45, 2.75) is 20.8 Å². The summed E-state index contributed by atoms with van der Waals surface area (Å²) >= 11 is 0. The molecule has 1 aliphatic rings. The second kappa shape index (κ2) is 4.76. The van der Waals surface area contributed by atoms with Crippen LogP contribution < -0.4 is 15.1 Å². The van der Waals surface area contributed by atoms with E-state index in [1.807, 2.05) is 20.8 Å². The Morgan fingerprint density at radius 1 is 1.30 bits per heavy atom. The number of carbonyl (C=O) groups excluding carboxylic acids is 1. The summed E-state index contributed by atoms with van der Waals surface area (Å²) in [5.74, 6) is 0.708. The molecule has 1 aromatic carbocycles. The smallest absolute Gasteiger partial charge is 0.451 e. The number of benzene rings is 1. The standard InChI is InChI=1S/C15H19N3O2/c1-15(2,3)13-9-10-18(17-13,14(16)19)11-5-7-12(20-4)8-6-11/h5-9H,1-4H3,(H2,16,19)/q+1. The van der Waals surface area contributed by atoms with Crippen molar-refractivity contribution >= 4 is 17.4 Å². The molecule has 1 atom stereocenters. The SMILES string of the molecule is COc1ccc([N+]2(C(N)=O)[C]=CC(C(C)(C)C)=N2)cc1. The van der Waals surface area contributed by atoms with Gasteiger partial charge in [0, 0.05) is 23.6 Å². The molecule has 2 rings (SSSR count). The van der Waals surface area contributed by atoms with E-state index in [9.17, 15) is 4.79 Å². The molecule has 0 saturated carbocycles. The molecule has 0 aromatic heterocycles. The van der Waals surface area contributed by atoms with E-state index in [0.717, 1.165) is 5.71 Å². The van der Waals surface area contributed by atoms with Crippen LogP contribution >= 0.6 is 0 Å². The van der Waals surface area contributed by atoms with E-state index >= 15 is 0 Å². The van der Waals surface area contributed by atoms with E-state index in [4.69, 9.17) is 10.5 Å². The molecule has 2 N–H and O–H groups in total. The van der Waals surface area contributed by atoms with Gasteiger partial charge in [0.2, 0.25) is 6.20 Å². The van der Waals surface area contributed by atoms with Gasteiger partial charge in [0.05, 0.1) is 7.11 Å². The summed E-state index contributed by atoms with van der Waals surface area (Å²) in [5.41, 5.74) is 6.80. The Labute approximate surface area is 118 Å². The number of nitrogens with zero attached hydrogens (tertiary/aromatic N) is 2. The number of primary amides is 1. The first kappa shape index (κ1) is 14.3. The topological polar surface area (TPSA) is 64.7 Å². The Morgan fingerprint density at radius 3 is 2.30 bits per heavy atom. The predicted molar refractivity (Wildman–Crippen MR) is 79.1 cm³/mol. The van der Waals surface area contributed by atoms with Crippen molar-refractivity contribution in [2.24, 2.45) is 16.3 Å². The number of quaternary nitrogens is 1.